The van der Waals surface area contributed by atoms with Crippen molar-refractivity contribution in [2.75, 3.05) is 11.9 Å². The van der Waals surface area contributed by atoms with E-state index in [1.54, 1.807) is 6.20 Å². The molecule has 1 fully saturated rings. The summed E-state index contributed by atoms with van der Waals surface area (Å²) in [6.45, 7) is 5.19. The topological polar surface area (TPSA) is 55.1 Å². The number of aromatic nitrogens is 4. The standard InChI is InChI=1S/C11H15N5/c1-8-14-15-10-9(12-5-6-16(8)10)13-7-11(2)3-4-11/h5-6H,3-4,7H2,1-2H3,(H,12,13). The zero-order chi connectivity index (χ0) is 11.2. The van der Waals surface area contributed by atoms with Crippen LogP contribution in [0.25, 0.3) is 5.65 Å². The Hall–Kier alpha value is -1.65. The van der Waals surface area contributed by atoms with E-state index < -0.39 is 0 Å². The highest BCUT2D eigenvalue weighted by atomic mass is 15.3. The zero-order valence-corrected chi connectivity index (χ0v) is 9.56. The van der Waals surface area contributed by atoms with Gasteiger partial charge in [0.05, 0.1) is 0 Å². The van der Waals surface area contributed by atoms with E-state index in [1.165, 1.54) is 12.8 Å². The van der Waals surface area contributed by atoms with E-state index in [1.807, 2.05) is 17.5 Å². The molecule has 3 rings (SSSR count). The maximum Gasteiger partial charge on any atom is 0.203 e. The van der Waals surface area contributed by atoms with Crippen LogP contribution in [0.4, 0.5) is 5.82 Å². The summed E-state index contributed by atoms with van der Waals surface area (Å²) in [5.41, 5.74) is 1.27. The van der Waals surface area contributed by atoms with Crippen molar-refractivity contribution in [1.29, 1.82) is 0 Å². The summed E-state index contributed by atoms with van der Waals surface area (Å²) in [5.74, 6) is 1.72. The molecule has 1 N–H and O–H groups in total. The molecule has 0 unspecified atom stereocenters. The minimum absolute atomic E-state index is 0.462. The van der Waals surface area contributed by atoms with Crippen LogP contribution in [-0.2, 0) is 0 Å². The van der Waals surface area contributed by atoms with Gasteiger partial charge in [0.2, 0.25) is 5.65 Å². The van der Waals surface area contributed by atoms with Crippen molar-refractivity contribution in [3.63, 3.8) is 0 Å². The molecular formula is C11H15N5. The summed E-state index contributed by atoms with van der Waals surface area (Å²) in [6.07, 6.45) is 6.26. The van der Waals surface area contributed by atoms with Gasteiger partial charge in [0.25, 0.3) is 0 Å². The highest BCUT2D eigenvalue weighted by Gasteiger charge is 2.37. The predicted octanol–water partition coefficient (Wildman–Crippen LogP) is 1.64. The highest BCUT2D eigenvalue weighted by molar-refractivity contribution is 5.62. The third-order valence-corrected chi connectivity index (χ3v) is 3.28. The molecule has 1 aliphatic carbocycles. The number of nitrogens with one attached hydrogen (secondary N) is 1. The van der Waals surface area contributed by atoms with Gasteiger partial charge in [-0.2, -0.15) is 0 Å². The molecule has 0 aliphatic heterocycles. The van der Waals surface area contributed by atoms with Crippen molar-refractivity contribution in [1.82, 2.24) is 19.6 Å². The van der Waals surface area contributed by atoms with Gasteiger partial charge >= 0.3 is 0 Å². The molecule has 5 nitrogen and oxygen atoms in total. The first-order valence-electron chi connectivity index (χ1n) is 5.58. The molecule has 0 saturated heterocycles. The minimum atomic E-state index is 0.462. The summed E-state index contributed by atoms with van der Waals surface area (Å²) in [5, 5.41) is 11.5. The van der Waals surface area contributed by atoms with E-state index in [9.17, 15) is 0 Å². The molecule has 16 heavy (non-hydrogen) atoms. The Kier molecular flexibility index (Phi) is 1.89. The van der Waals surface area contributed by atoms with Crippen LogP contribution in [0.3, 0.4) is 0 Å². The molecule has 0 spiro atoms. The number of hydrogen-bond donors (Lipinski definition) is 1. The van der Waals surface area contributed by atoms with Gasteiger partial charge in [-0.3, -0.25) is 4.40 Å². The molecule has 1 saturated carbocycles. The number of hydrogen-bond acceptors (Lipinski definition) is 4. The average Bonchev–Trinajstić information content (AvgIpc) is 2.90. The summed E-state index contributed by atoms with van der Waals surface area (Å²) in [4.78, 5) is 4.32. The summed E-state index contributed by atoms with van der Waals surface area (Å²) in [7, 11) is 0. The van der Waals surface area contributed by atoms with Crippen LogP contribution in [0.1, 0.15) is 25.6 Å². The third kappa shape index (κ3) is 1.52. The minimum Gasteiger partial charge on any atom is -0.366 e. The van der Waals surface area contributed by atoms with Crippen LogP contribution in [-0.4, -0.2) is 26.1 Å². The number of nitrogens with zero attached hydrogens (tertiary/aromatic N) is 4. The third-order valence-electron chi connectivity index (χ3n) is 3.28. The Labute approximate surface area is 93.9 Å². The first-order valence-corrected chi connectivity index (χ1v) is 5.58. The van der Waals surface area contributed by atoms with Gasteiger partial charge in [-0.05, 0) is 25.2 Å². The van der Waals surface area contributed by atoms with Crippen LogP contribution in [0.5, 0.6) is 0 Å². The first-order chi connectivity index (χ1) is 7.68. The SMILES string of the molecule is Cc1nnc2c(NCC3(C)CC3)nccn12. The lowest BCUT2D eigenvalue weighted by Gasteiger charge is -2.10. The monoisotopic (exact) mass is 217 g/mol. The Morgan fingerprint density at radius 2 is 2.25 bits per heavy atom. The normalized spacial score (nSPS) is 17.6. The lowest BCUT2D eigenvalue weighted by Crippen LogP contribution is -2.13. The van der Waals surface area contributed by atoms with E-state index >= 15 is 0 Å². The maximum absolute atomic E-state index is 4.32. The van der Waals surface area contributed by atoms with E-state index in [0.29, 0.717) is 5.41 Å². The van der Waals surface area contributed by atoms with E-state index in [2.05, 4.69) is 27.4 Å². The number of fused-ring (bicyclic) bond motifs is 1. The van der Waals surface area contributed by atoms with E-state index in [4.69, 9.17) is 0 Å². The molecule has 2 heterocycles. The second-order valence-corrected chi connectivity index (χ2v) is 4.88. The molecule has 0 radical (unpaired) electrons. The quantitative estimate of drug-likeness (QED) is 0.849. The molecule has 0 atom stereocenters. The Morgan fingerprint density at radius 3 is 3.00 bits per heavy atom. The average molecular weight is 217 g/mol. The van der Waals surface area contributed by atoms with E-state index in [0.717, 1.165) is 23.8 Å². The summed E-state index contributed by atoms with van der Waals surface area (Å²) in [6, 6.07) is 0. The largest absolute Gasteiger partial charge is 0.366 e. The van der Waals surface area contributed by atoms with Gasteiger partial charge in [0.1, 0.15) is 5.82 Å². The second kappa shape index (κ2) is 3.17. The summed E-state index contributed by atoms with van der Waals surface area (Å²) < 4.78 is 1.95. The van der Waals surface area contributed by atoms with Crippen molar-refractivity contribution in [2.45, 2.75) is 26.7 Å². The van der Waals surface area contributed by atoms with Crippen molar-refractivity contribution in [3.05, 3.63) is 18.2 Å². The molecule has 84 valence electrons. The molecule has 0 bridgehead atoms. The van der Waals surface area contributed by atoms with Gasteiger partial charge in [-0.25, -0.2) is 4.98 Å². The van der Waals surface area contributed by atoms with Crippen molar-refractivity contribution in [3.8, 4) is 0 Å². The molecule has 2 aromatic rings. The fraction of sp³-hybridized carbons (Fsp3) is 0.545. The zero-order valence-electron chi connectivity index (χ0n) is 9.56. The van der Waals surface area contributed by atoms with Crippen molar-refractivity contribution >= 4 is 11.5 Å². The Bertz CT molecular complexity index is 526. The van der Waals surface area contributed by atoms with Crippen molar-refractivity contribution < 1.29 is 0 Å². The molecule has 0 amide bonds. The van der Waals surface area contributed by atoms with Gasteiger partial charge in [0.15, 0.2) is 5.82 Å². The van der Waals surface area contributed by atoms with Gasteiger partial charge in [0, 0.05) is 18.9 Å². The lowest BCUT2D eigenvalue weighted by atomic mass is 10.1. The van der Waals surface area contributed by atoms with Crippen LogP contribution < -0.4 is 5.32 Å². The van der Waals surface area contributed by atoms with Crippen LogP contribution >= 0.6 is 0 Å². The predicted molar refractivity (Wildman–Crippen MR) is 61.3 cm³/mol. The Balaban J connectivity index is 1.90. The van der Waals surface area contributed by atoms with E-state index in [-0.39, 0.29) is 0 Å². The number of aryl methyl sites for hydroxylation is 1. The highest BCUT2D eigenvalue weighted by Crippen LogP contribution is 2.44. The van der Waals surface area contributed by atoms with Gasteiger partial charge in [-0.1, -0.05) is 6.92 Å². The van der Waals surface area contributed by atoms with Crippen LogP contribution in [0, 0.1) is 12.3 Å². The molecule has 0 aromatic carbocycles. The van der Waals surface area contributed by atoms with Crippen molar-refractivity contribution in [2.24, 2.45) is 5.41 Å². The number of anilines is 1. The smallest absolute Gasteiger partial charge is 0.203 e. The van der Waals surface area contributed by atoms with Gasteiger partial charge < -0.3 is 5.32 Å². The first kappa shape index (κ1) is 9.57. The fourth-order valence-electron chi connectivity index (χ4n) is 1.75. The lowest BCUT2D eigenvalue weighted by molar-refractivity contribution is 0.609. The maximum atomic E-state index is 4.32. The molecular weight excluding hydrogens is 202 g/mol. The fourth-order valence-corrected chi connectivity index (χ4v) is 1.75. The Morgan fingerprint density at radius 1 is 1.44 bits per heavy atom. The molecule has 2 aromatic heterocycles. The van der Waals surface area contributed by atoms with Crippen LogP contribution in [0.2, 0.25) is 0 Å². The molecule has 5 heteroatoms. The van der Waals surface area contributed by atoms with Crippen LogP contribution in [0.15, 0.2) is 12.4 Å². The second-order valence-electron chi connectivity index (χ2n) is 4.88. The number of rotatable bonds is 3. The molecule has 1 aliphatic rings. The van der Waals surface area contributed by atoms with Gasteiger partial charge in [-0.15, -0.1) is 10.2 Å². The summed E-state index contributed by atoms with van der Waals surface area (Å²) >= 11 is 0.